The summed E-state index contributed by atoms with van der Waals surface area (Å²) in [5.41, 5.74) is 2.12. The molecule has 0 atom stereocenters. The number of halogens is 3. The van der Waals surface area contributed by atoms with Gasteiger partial charge in [0.1, 0.15) is 0 Å². The number of hydrogen-bond acceptors (Lipinski definition) is 2. The third kappa shape index (κ3) is 3.04. The molecule has 20 heavy (non-hydrogen) atoms. The third-order valence-corrected chi connectivity index (χ3v) is 4.00. The first kappa shape index (κ1) is 15.1. The smallest absolute Gasteiger partial charge is 0.196 e. The first-order chi connectivity index (χ1) is 9.56. The van der Waals surface area contributed by atoms with Crippen molar-refractivity contribution in [2.24, 2.45) is 0 Å². The Morgan fingerprint density at radius 3 is 2.15 bits per heavy atom. The van der Waals surface area contributed by atoms with Gasteiger partial charge in [-0.2, -0.15) is 5.26 Å². The molecule has 0 radical (unpaired) electrons. The molecular weight excluding hydrogens is 361 g/mol. The molecule has 0 aliphatic carbocycles. The Morgan fingerprint density at radius 1 is 1.15 bits per heavy atom. The maximum Gasteiger partial charge on any atom is 0.196 e. The van der Waals surface area contributed by atoms with Crippen LogP contribution in [-0.2, 0) is 5.33 Å². The average molecular weight is 369 g/mol. The number of nitrogens with zero attached hydrogens (tertiary/aromatic N) is 1. The molecule has 0 saturated carbocycles. The van der Waals surface area contributed by atoms with Crippen molar-refractivity contribution in [3.8, 4) is 6.07 Å². The second-order valence-corrected chi connectivity index (χ2v) is 5.46. The van der Waals surface area contributed by atoms with Crippen LogP contribution in [0.25, 0.3) is 0 Å². The molecule has 0 aromatic heterocycles. The van der Waals surface area contributed by atoms with E-state index in [0.717, 1.165) is 5.56 Å². The summed E-state index contributed by atoms with van der Waals surface area (Å²) in [7, 11) is 0. The van der Waals surface area contributed by atoms with Crippen LogP contribution in [0.4, 0.5) is 0 Å². The van der Waals surface area contributed by atoms with Gasteiger partial charge in [-0.15, -0.1) is 0 Å². The van der Waals surface area contributed by atoms with Crippen LogP contribution in [0, 0.1) is 11.3 Å². The quantitative estimate of drug-likeness (QED) is 0.565. The Balaban J connectivity index is 2.45. The summed E-state index contributed by atoms with van der Waals surface area (Å²) < 4.78 is 0. The highest BCUT2D eigenvalue weighted by Gasteiger charge is 2.17. The molecule has 2 aromatic carbocycles. The molecular formula is C15H8BrCl2NO. The minimum absolute atomic E-state index is 0.259. The maximum absolute atomic E-state index is 12.4. The fraction of sp³-hybridized carbons (Fsp3) is 0.0667. The van der Waals surface area contributed by atoms with Crippen molar-refractivity contribution in [3.05, 3.63) is 68.7 Å². The van der Waals surface area contributed by atoms with E-state index >= 15 is 0 Å². The van der Waals surface area contributed by atoms with Gasteiger partial charge in [-0.25, -0.2) is 0 Å². The number of rotatable bonds is 3. The topological polar surface area (TPSA) is 40.9 Å². The van der Waals surface area contributed by atoms with Crippen molar-refractivity contribution >= 4 is 44.9 Å². The van der Waals surface area contributed by atoms with E-state index in [1.54, 1.807) is 36.4 Å². The second-order valence-electron chi connectivity index (χ2n) is 4.09. The SMILES string of the molecule is N#Cc1ccc(C(=O)c2c(Cl)cc(CBr)cc2Cl)cc1. The minimum atomic E-state index is -0.259. The molecule has 0 spiro atoms. The third-order valence-electron chi connectivity index (χ3n) is 2.76. The minimum Gasteiger partial charge on any atom is -0.288 e. The zero-order valence-electron chi connectivity index (χ0n) is 10.2. The molecule has 0 amide bonds. The van der Waals surface area contributed by atoms with Gasteiger partial charge in [0.2, 0.25) is 0 Å². The lowest BCUT2D eigenvalue weighted by atomic mass is 10.0. The Bertz CT molecular complexity index is 682. The largest absolute Gasteiger partial charge is 0.288 e. The van der Waals surface area contributed by atoms with E-state index in [0.29, 0.717) is 26.5 Å². The van der Waals surface area contributed by atoms with Crippen LogP contribution < -0.4 is 0 Å². The molecule has 0 N–H and O–H groups in total. The van der Waals surface area contributed by atoms with Gasteiger partial charge < -0.3 is 0 Å². The second kappa shape index (κ2) is 6.41. The molecule has 0 fully saturated rings. The molecule has 100 valence electrons. The molecule has 0 aliphatic rings. The lowest BCUT2D eigenvalue weighted by Crippen LogP contribution is -2.04. The van der Waals surface area contributed by atoms with E-state index in [9.17, 15) is 4.79 Å². The van der Waals surface area contributed by atoms with Crippen LogP contribution in [-0.4, -0.2) is 5.78 Å². The molecule has 0 bridgehead atoms. The van der Waals surface area contributed by atoms with Gasteiger partial charge >= 0.3 is 0 Å². The normalized spacial score (nSPS) is 10.1. The van der Waals surface area contributed by atoms with Crippen LogP contribution in [0.3, 0.4) is 0 Å². The predicted octanol–water partition coefficient (Wildman–Crippen LogP) is 4.99. The van der Waals surface area contributed by atoms with Crippen LogP contribution in [0.15, 0.2) is 36.4 Å². The number of hydrogen-bond donors (Lipinski definition) is 0. The molecule has 0 aliphatic heterocycles. The fourth-order valence-corrected chi connectivity index (χ4v) is 2.79. The highest BCUT2D eigenvalue weighted by atomic mass is 79.9. The van der Waals surface area contributed by atoms with E-state index in [1.807, 2.05) is 6.07 Å². The summed E-state index contributed by atoms with van der Waals surface area (Å²) in [6, 6.07) is 11.8. The summed E-state index contributed by atoms with van der Waals surface area (Å²) >= 11 is 15.6. The van der Waals surface area contributed by atoms with Crippen molar-refractivity contribution in [1.82, 2.24) is 0 Å². The van der Waals surface area contributed by atoms with Gasteiger partial charge in [0, 0.05) is 10.9 Å². The Kier molecular flexibility index (Phi) is 4.82. The predicted molar refractivity (Wildman–Crippen MR) is 83.7 cm³/mol. The van der Waals surface area contributed by atoms with E-state index in [2.05, 4.69) is 15.9 Å². The van der Waals surface area contributed by atoms with Crippen molar-refractivity contribution in [2.75, 3.05) is 0 Å². The van der Waals surface area contributed by atoms with Crippen LogP contribution >= 0.6 is 39.1 Å². The summed E-state index contributed by atoms with van der Waals surface area (Å²) in [4.78, 5) is 12.4. The maximum atomic E-state index is 12.4. The zero-order valence-corrected chi connectivity index (χ0v) is 13.3. The van der Waals surface area contributed by atoms with Gasteiger partial charge in [-0.1, -0.05) is 39.1 Å². The number of ketones is 1. The van der Waals surface area contributed by atoms with Crippen molar-refractivity contribution in [3.63, 3.8) is 0 Å². The number of benzene rings is 2. The van der Waals surface area contributed by atoms with Crippen LogP contribution in [0.1, 0.15) is 27.0 Å². The molecule has 2 aromatic rings. The average Bonchev–Trinajstić information content (AvgIpc) is 2.46. The van der Waals surface area contributed by atoms with E-state index < -0.39 is 0 Å². The summed E-state index contributed by atoms with van der Waals surface area (Å²) in [5, 5.41) is 10.00. The molecule has 2 nitrogen and oxygen atoms in total. The lowest BCUT2D eigenvalue weighted by molar-refractivity contribution is 0.103. The van der Waals surface area contributed by atoms with Crippen LogP contribution in [0.5, 0.6) is 0 Å². The van der Waals surface area contributed by atoms with Crippen LogP contribution in [0.2, 0.25) is 10.0 Å². The summed E-state index contributed by atoms with van der Waals surface area (Å²) in [5.74, 6) is -0.259. The first-order valence-corrected chi connectivity index (χ1v) is 7.53. The number of nitriles is 1. The van der Waals surface area contributed by atoms with Gasteiger partial charge in [-0.3, -0.25) is 4.79 Å². The molecule has 5 heteroatoms. The van der Waals surface area contributed by atoms with E-state index in [-0.39, 0.29) is 11.3 Å². The molecule has 0 heterocycles. The van der Waals surface area contributed by atoms with Crippen molar-refractivity contribution in [1.29, 1.82) is 5.26 Å². The summed E-state index contributed by atoms with van der Waals surface area (Å²) in [6.45, 7) is 0. The monoisotopic (exact) mass is 367 g/mol. The standard InChI is InChI=1S/C15H8BrCl2NO/c16-7-10-5-12(17)14(13(18)6-10)15(20)11-3-1-9(8-19)2-4-11/h1-6H,7H2. The van der Waals surface area contributed by atoms with Gasteiger partial charge in [-0.05, 0) is 42.0 Å². The number of carbonyl (C=O) groups excluding carboxylic acids is 1. The van der Waals surface area contributed by atoms with Gasteiger partial charge in [0.25, 0.3) is 0 Å². The summed E-state index contributed by atoms with van der Waals surface area (Å²) in [6.07, 6.45) is 0. The Labute approximate surface area is 135 Å². The van der Waals surface area contributed by atoms with E-state index in [1.165, 1.54) is 0 Å². The van der Waals surface area contributed by atoms with Gasteiger partial charge in [0.05, 0.1) is 27.2 Å². The number of alkyl halides is 1. The highest BCUT2D eigenvalue weighted by molar-refractivity contribution is 9.08. The molecule has 0 unspecified atom stereocenters. The van der Waals surface area contributed by atoms with E-state index in [4.69, 9.17) is 28.5 Å². The Morgan fingerprint density at radius 2 is 1.70 bits per heavy atom. The highest BCUT2D eigenvalue weighted by Crippen LogP contribution is 2.29. The number of carbonyl (C=O) groups is 1. The van der Waals surface area contributed by atoms with Gasteiger partial charge in [0.15, 0.2) is 5.78 Å². The first-order valence-electron chi connectivity index (χ1n) is 5.65. The van der Waals surface area contributed by atoms with Crippen molar-refractivity contribution in [2.45, 2.75) is 5.33 Å². The fourth-order valence-electron chi connectivity index (χ4n) is 1.76. The molecule has 0 saturated heterocycles. The Hall–Kier alpha value is -1.34. The molecule has 2 rings (SSSR count). The lowest BCUT2D eigenvalue weighted by Gasteiger charge is -2.08. The zero-order chi connectivity index (χ0) is 14.7. The van der Waals surface area contributed by atoms with Crippen molar-refractivity contribution < 1.29 is 4.79 Å².